The van der Waals surface area contributed by atoms with Gasteiger partial charge in [-0.3, -0.25) is 9.59 Å². The molecule has 1 aromatic rings. The maximum Gasteiger partial charge on any atom is 0.254 e. The van der Waals surface area contributed by atoms with Crippen molar-refractivity contribution in [1.29, 1.82) is 0 Å². The van der Waals surface area contributed by atoms with Gasteiger partial charge in [0.1, 0.15) is 5.82 Å². The Balaban J connectivity index is 1.65. The van der Waals surface area contributed by atoms with Crippen molar-refractivity contribution in [3.8, 4) is 0 Å². The topological polar surface area (TPSA) is 40.6 Å². The number of benzene rings is 1. The summed E-state index contributed by atoms with van der Waals surface area (Å²) >= 11 is 1.83. The van der Waals surface area contributed by atoms with Crippen LogP contribution in [0.3, 0.4) is 0 Å². The van der Waals surface area contributed by atoms with Crippen molar-refractivity contribution >= 4 is 23.6 Å². The first kappa shape index (κ1) is 21.2. The number of amides is 2. The molecule has 154 valence electrons. The molecule has 2 fully saturated rings. The molecule has 1 aromatic carbocycles. The summed E-state index contributed by atoms with van der Waals surface area (Å²) in [5.41, 5.74) is 0.535. The van der Waals surface area contributed by atoms with Crippen molar-refractivity contribution in [2.24, 2.45) is 5.92 Å². The molecule has 0 unspecified atom stereocenters. The van der Waals surface area contributed by atoms with E-state index in [1.807, 2.05) is 21.6 Å². The van der Waals surface area contributed by atoms with Crippen molar-refractivity contribution < 1.29 is 14.0 Å². The van der Waals surface area contributed by atoms with Crippen LogP contribution in [0.5, 0.6) is 0 Å². The fourth-order valence-corrected chi connectivity index (χ4v) is 5.80. The standard InChI is InChI=1S/C22H31FN2O2S/c1-3-5-6-17(4-2)20(26)24-13-11-22(12-14-24)25(15-16-28-22)21(27)18-7-9-19(23)10-8-18/h7-10,17H,3-6,11-16H2,1-2H3/t17-/m1/s1. The van der Waals surface area contributed by atoms with Crippen LogP contribution >= 0.6 is 11.8 Å². The van der Waals surface area contributed by atoms with E-state index in [-0.39, 0.29) is 28.4 Å². The Labute approximate surface area is 171 Å². The number of rotatable bonds is 6. The maximum absolute atomic E-state index is 13.2. The average Bonchev–Trinajstić information content (AvgIpc) is 3.12. The Kier molecular flexibility index (Phi) is 7.02. The van der Waals surface area contributed by atoms with Crippen molar-refractivity contribution in [3.05, 3.63) is 35.6 Å². The molecule has 0 bridgehead atoms. The number of nitrogens with zero attached hydrogens (tertiary/aromatic N) is 2. The van der Waals surface area contributed by atoms with Crippen LogP contribution in [0.2, 0.25) is 0 Å². The fraction of sp³-hybridized carbons (Fsp3) is 0.636. The van der Waals surface area contributed by atoms with Crippen molar-refractivity contribution in [3.63, 3.8) is 0 Å². The van der Waals surface area contributed by atoms with Crippen LogP contribution in [-0.2, 0) is 4.79 Å². The van der Waals surface area contributed by atoms with Crippen LogP contribution in [0.4, 0.5) is 4.39 Å². The monoisotopic (exact) mass is 406 g/mol. The zero-order valence-electron chi connectivity index (χ0n) is 17.0. The van der Waals surface area contributed by atoms with Gasteiger partial charge in [-0.25, -0.2) is 4.39 Å². The van der Waals surface area contributed by atoms with Gasteiger partial charge in [-0.05, 0) is 49.9 Å². The van der Waals surface area contributed by atoms with Gasteiger partial charge < -0.3 is 9.80 Å². The van der Waals surface area contributed by atoms with E-state index in [2.05, 4.69) is 13.8 Å². The first-order valence-corrected chi connectivity index (χ1v) is 11.5. The summed E-state index contributed by atoms with van der Waals surface area (Å²) in [4.78, 5) is 29.7. The third-order valence-corrected chi connectivity index (χ3v) is 7.67. The molecule has 28 heavy (non-hydrogen) atoms. The first-order valence-electron chi connectivity index (χ1n) is 10.5. The number of piperidine rings is 1. The summed E-state index contributed by atoms with van der Waals surface area (Å²) in [5, 5.41) is 0. The third-order valence-electron chi connectivity index (χ3n) is 6.12. The third kappa shape index (κ3) is 4.37. The van der Waals surface area contributed by atoms with E-state index in [1.54, 1.807) is 12.1 Å². The molecule has 3 rings (SSSR count). The normalized spacial score (nSPS) is 19.8. The summed E-state index contributed by atoms with van der Waals surface area (Å²) in [6.07, 6.45) is 5.69. The molecule has 2 heterocycles. The van der Waals surface area contributed by atoms with Crippen molar-refractivity contribution in [1.82, 2.24) is 9.80 Å². The summed E-state index contributed by atoms with van der Waals surface area (Å²) in [7, 11) is 0. The molecule has 0 radical (unpaired) electrons. The molecule has 2 aliphatic rings. The molecule has 0 N–H and O–H groups in total. The highest BCUT2D eigenvalue weighted by Gasteiger charge is 2.47. The number of carbonyl (C=O) groups excluding carboxylic acids is 2. The largest absolute Gasteiger partial charge is 0.342 e. The van der Waals surface area contributed by atoms with E-state index in [4.69, 9.17) is 0 Å². The fourth-order valence-electron chi connectivity index (χ4n) is 4.35. The lowest BCUT2D eigenvalue weighted by atomic mass is 9.95. The number of thioether (sulfide) groups is 1. The predicted molar refractivity (Wildman–Crippen MR) is 112 cm³/mol. The van der Waals surface area contributed by atoms with Crippen LogP contribution in [0.15, 0.2) is 24.3 Å². The van der Waals surface area contributed by atoms with Gasteiger partial charge in [-0.1, -0.05) is 26.7 Å². The lowest BCUT2D eigenvalue weighted by molar-refractivity contribution is -0.137. The molecule has 2 aliphatic heterocycles. The summed E-state index contributed by atoms with van der Waals surface area (Å²) in [6.45, 7) is 6.39. The van der Waals surface area contributed by atoms with E-state index < -0.39 is 0 Å². The van der Waals surface area contributed by atoms with Gasteiger partial charge in [0.15, 0.2) is 0 Å². The zero-order chi connectivity index (χ0) is 20.1. The molecular formula is C22H31FN2O2S. The molecule has 0 aliphatic carbocycles. The molecule has 1 spiro atoms. The minimum atomic E-state index is -0.331. The number of unbranched alkanes of at least 4 members (excludes halogenated alkanes) is 1. The Morgan fingerprint density at radius 1 is 1.14 bits per heavy atom. The molecule has 2 saturated heterocycles. The second-order valence-corrected chi connectivity index (χ2v) is 9.29. The van der Waals surface area contributed by atoms with Gasteiger partial charge in [0.2, 0.25) is 5.91 Å². The number of carbonyl (C=O) groups is 2. The highest BCUT2D eigenvalue weighted by Crippen LogP contribution is 2.44. The van der Waals surface area contributed by atoms with E-state index in [1.165, 1.54) is 12.1 Å². The second-order valence-electron chi connectivity index (χ2n) is 7.83. The highest BCUT2D eigenvalue weighted by molar-refractivity contribution is 8.00. The van der Waals surface area contributed by atoms with E-state index in [0.717, 1.165) is 44.3 Å². The van der Waals surface area contributed by atoms with Gasteiger partial charge >= 0.3 is 0 Å². The quantitative estimate of drug-likeness (QED) is 0.696. The summed E-state index contributed by atoms with van der Waals surface area (Å²) < 4.78 is 13.2. The van der Waals surface area contributed by atoms with E-state index in [9.17, 15) is 14.0 Å². The van der Waals surface area contributed by atoms with Crippen LogP contribution in [0.1, 0.15) is 62.7 Å². The molecule has 1 atom stereocenters. The molecular weight excluding hydrogens is 375 g/mol. The zero-order valence-corrected chi connectivity index (χ0v) is 17.8. The van der Waals surface area contributed by atoms with Crippen LogP contribution in [0, 0.1) is 11.7 Å². The van der Waals surface area contributed by atoms with Gasteiger partial charge in [0, 0.05) is 36.9 Å². The Bertz CT molecular complexity index is 686. The molecule has 2 amide bonds. The van der Waals surface area contributed by atoms with Crippen molar-refractivity contribution in [2.45, 2.75) is 57.2 Å². The number of halogens is 1. The van der Waals surface area contributed by atoms with Gasteiger partial charge in [0.05, 0.1) is 4.87 Å². The molecule has 4 nitrogen and oxygen atoms in total. The number of hydrogen-bond donors (Lipinski definition) is 0. The van der Waals surface area contributed by atoms with Gasteiger partial charge in [0.25, 0.3) is 5.91 Å². The highest BCUT2D eigenvalue weighted by atomic mass is 32.2. The molecule has 6 heteroatoms. The second kappa shape index (κ2) is 9.29. The van der Waals surface area contributed by atoms with E-state index in [0.29, 0.717) is 25.2 Å². The first-order chi connectivity index (χ1) is 13.5. The lowest BCUT2D eigenvalue weighted by Gasteiger charge is -2.44. The summed E-state index contributed by atoms with van der Waals surface area (Å²) in [6, 6.07) is 5.80. The average molecular weight is 407 g/mol. The SMILES string of the molecule is CCCC[C@@H](CC)C(=O)N1CCC2(CC1)SCCN2C(=O)c1ccc(F)cc1. The van der Waals surface area contributed by atoms with Crippen molar-refractivity contribution in [2.75, 3.05) is 25.4 Å². The minimum Gasteiger partial charge on any atom is -0.342 e. The Morgan fingerprint density at radius 2 is 1.82 bits per heavy atom. The van der Waals surface area contributed by atoms with Crippen LogP contribution < -0.4 is 0 Å². The molecule has 0 aromatic heterocycles. The Morgan fingerprint density at radius 3 is 2.43 bits per heavy atom. The Hall–Kier alpha value is -1.56. The van der Waals surface area contributed by atoms with Gasteiger partial charge in [-0.2, -0.15) is 0 Å². The number of hydrogen-bond acceptors (Lipinski definition) is 3. The smallest absolute Gasteiger partial charge is 0.254 e. The predicted octanol–water partition coefficient (Wildman–Crippen LogP) is 4.55. The summed E-state index contributed by atoms with van der Waals surface area (Å²) in [5.74, 6) is 0.962. The number of likely N-dealkylation sites (tertiary alicyclic amines) is 1. The lowest BCUT2D eigenvalue weighted by Crippen LogP contribution is -2.54. The minimum absolute atomic E-state index is 0.0286. The maximum atomic E-state index is 13.2. The van der Waals surface area contributed by atoms with Crippen LogP contribution in [0.25, 0.3) is 0 Å². The molecule has 0 saturated carbocycles. The van der Waals surface area contributed by atoms with Crippen LogP contribution in [-0.4, -0.2) is 51.9 Å². The van der Waals surface area contributed by atoms with E-state index >= 15 is 0 Å². The van der Waals surface area contributed by atoms with Gasteiger partial charge in [-0.15, -0.1) is 11.8 Å².